The average Bonchev–Trinajstić information content (AvgIpc) is 2.97. The van der Waals surface area contributed by atoms with Gasteiger partial charge >= 0.3 is 5.97 Å². The number of carbonyl (C=O) groups is 3. The largest absolute Gasteiger partial charge is 0.465 e. The van der Waals surface area contributed by atoms with Crippen LogP contribution in [-0.4, -0.2) is 51.5 Å². The van der Waals surface area contributed by atoms with Crippen LogP contribution in [0.25, 0.3) is 0 Å². The molecule has 1 aliphatic heterocycles. The van der Waals surface area contributed by atoms with Crippen LogP contribution in [-0.2, 0) is 33.8 Å². The third-order valence-corrected chi connectivity index (χ3v) is 7.96. The van der Waals surface area contributed by atoms with Crippen molar-refractivity contribution in [2.45, 2.75) is 63.2 Å². The number of methoxy groups -OCH3 is 1. The molecule has 0 aliphatic carbocycles. The summed E-state index contributed by atoms with van der Waals surface area (Å²) in [5.41, 5.74) is 9.72. The maximum atomic E-state index is 15.0. The number of rotatable bonds is 8. The van der Waals surface area contributed by atoms with Gasteiger partial charge < -0.3 is 20.3 Å². The molecule has 0 saturated carbocycles. The molecule has 0 saturated heterocycles. The van der Waals surface area contributed by atoms with E-state index >= 15 is 0 Å². The lowest BCUT2D eigenvalue weighted by atomic mass is 9.90. The molecule has 1 aliphatic rings. The van der Waals surface area contributed by atoms with E-state index in [4.69, 9.17) is 10.5 Å². The molecule has 2 N–H and O–H groups in total. The van der Waals surface area contributed by atoms with E-state index in [1.807, 2.05) is 24.3 Å². The Balaban J connectivity index is 1.75. The number of hydrogen-bond donors (Lipinski definition) is 2. The van der Waals surface area contributed by atoms with E-state index in [0.29, 0.717) is 17.5 Å². The van der Waals surface area contributed by atoms with Crippen molar-refractivity contribution in [1.29, 1.82) is 0 Å². The average molecular weight is 578 g/mol. The van der Waals surface area contributed by atoms with Gasteiger partial charge in [0, 0.05) is 29.8 Å². The zero-order chi connectivity index (χ0) is 29.9. The molecule has 3 unspecified atom stereocenters. The fraction of sp³-hybridized carbons (Fsp3) is 0.344. The first-order chi connectivity index (χ1) is 19.4. The van der Waals surface area contributed by atoms with Crippen LogP contribution in [0, 0.1) is 5.82 Å². The van der Waals surface area contributed by atoms with Gasteiger partial charge in [-0.05, 0) is 55.7 Å². The molecule has 3 atom stereocenters. The summed E-state index contributed by atoms with van der Waals surface area (Å²) < 4.78 is 19.0. The number of halogens is 1. The second-order valence-electron chi connectivity index (χ2n) is 10.9. The highest BCUT2D eigenvalue weighted by atomic mass is 32.1. The maximum Gasteiger partial charge on any atom is 0.337 e. The van der Waals surface area contributed by atoms with Crippen LogP contribution in [0.4, 0.5) is 4.39 Å². The molecule has 2 amide bonds. The number of nitrogens with zero attached hydrogens (tertiary/aromatic N) is 2. The van der Waals surface area contributed by atoms with Crippen molar-refractivity contribution in [3.8, 4) is 0 Å². The fourth-order valence-corrected chi connectivity index (χ4v) is 5.21. The fourth-order valence-electron chi connectivity index (χ4n) is 5.10. The molecular formula is C32H36FN3O4S. The first-order valence-electron chi connectivity index (χ1n) is 13.5. The van der Waals surface area contributed by atoms with E-state index in [1.54, 1.807) is 68.1 Å². The Hall–Kier alpha value is -3.69. The number of nitrogens with two attached hydrogens (primary N) is 1. The van der Waals surface area contributed by atoms with Crippen molar-refractivity contribution in [1.82, 2.24) is 9.80 Å². The Morgan fingerprint density at radius 2 is 1.66 bits per heavy atom. The van der Waals surface area contributed by atoms with Crippen LogP contribution in [0.2, 0.25) is 0 Å². The number of carbonyl (C=O) groups excluding carboxylic acids is 3. The lowest BCUT2D eigenvalue weighted by molar-refractivity contribution is -0.150. The molecule has 0 bridgehead atoms. The first-order valence-corrected chi connectivity index (χ1v) is 13.9. The predicted molar refractivity (Wildman–Crippen MR) is 159 cm³/mol. The first kappa shape index (κ1) is 30.3. The zero-order valence-corrected chi connectivity index (χ0v) is 24.6. The summed E-state index contributed by atoms with van der Waals surface area (Å²) in [6.45, 7) is 5.64. The highest BCUT2D eigenvalue weighted by molar-refractivity contribution is 7.81. The summed E-state index contributed by atoms with van der Waals surface area (Å²) in [4.78, 5) is 43.3. The van der Waals surface area contributed by atoms with Crippen LogP contribution in [0.1, 0.15) is 59.4 Å². The summed E-state index contributed by atoms with van der Waals surface area (Å²) >= 11 is 4.53. The number of thiol groups is 1. The molecule has 3 aromatic rings. The summed E-state index contributed by atoms with van der Waals surface area (Å²) in [7, 11) is 1.31. The smallest absolute Gasteiger partial charge is 0.337 e. The zero-order valence-electron chi connectivity index (χ0n) is 23.7. The van der Waals surface area contributed by atoms with Crippen LogP contribution in [0.5, 0.6) is 0 Å². The molecule has 0 fully saturated rings. The second-order valence-corrected chi connectivity index (χ2v) is 12.1. The molecular weight excluding hydrogens is 541 g/mol. The van der Waals surface area contributed by atoms with Gasteiger partial charge in [0.25, 0.3) is 0 Å². The van der Waals surface area contributed by atoms with Gasteiger partial charge in [-0.15, -0.1) is 0 Å². The molecule has 0 radical (unpaired) electrons. The molecule has 0 spiro atoms. The number of ether oxygens (including phenoxy) is 1. The SMILES string of the molecule is COC(=O)c1ccc(CN(C(=O)C2Cc3ccccc3CN2C(=O)C(N)C(C)(C)S)C(C)c2ccccc2F)cc1. The van der Waals surface area contributed by atoms with Crippen molar-refractivity contribution in [3.05, 3.63) is 106 Å². The Morgan fingerprint density at radius 1 is 1.05 bits per heavy atom. The molecule has 41 heavy (non-hydrogen) atoms. The molecule has 4 rings (SSSR count). The van der Waals surface area contributed by atoms with E-state index in [0.717, 1.165) is 16.7 Å². The third-order valence-electron chi connectivity index (χ3n) is 7.68. The number of fused-ring (bicyclic) bond motifs is 1. The minimum absolute atomic E-state index is 0.125. The number of benzene rings is 3. The van der Waals surface area contributed by atoms with Crippen molar-refractivity contribution in [2.75, 3.05) is 7.11 Å². The maximum absolute atomic E-state index is 15.0. The summed E-state index contributed by atoms with van der Waals surface area (Å²) in [6.07, 6.45) is 0.294. The van der Waals surface area contributed by atoms with Crippen molar-refractivity contribution >= 4 is 30.4 Å². The van der Waals surface area contributed by atoms with Gasteiger partial charge in [-0.25, -0.2) is 9.18 Å². The van der Waals surface area contributed by atoms with Crippen LogP contribution >= 0.6 is 12.6 Å². The minimum Gasteiger partial charge on any atom is -0.465 e. The van der Waals surface area contributed by atoms with E-state index in [1.165, 1.54) is 18.1 Å². The van der Waals surface area contributed by atoms with Crippen molar-refractivity contribution < 1.29 is 23.5 Å². The van der Waals surface area contributed by atoms with Gasteiger partial charge in [-0.3, -0.25) is 9.59 Å². The lowest BCUT2D eigenvalue weighted by Gasteiger charge is -2.42. The predicted octanol–water partition coefficient (Wildman–Crippen LogP) is 4.69. The topological polar surface area (TPSA) is 92.9 Å². The summed E-state index contributed by atoms with van der Waals surface area (Å²) in [6, 6.07) is 18.3. The normalized spacial score (nSPS) is 16.4. The Labute approximate surface area is 245 Å². The number of amides is 2. The van der Waals surface area contributed by atoms with E-state index < -0.39 is 34.7 Å². The van der Waals surface area contributed by atoms with Crippen molar-refractivity contribution in [2.24, 2.45) is 5.73 Å². The van der Waals surface area contributed by atoms with Gasteiger partial charge in [0.2, 0.25) is 11.8 Å². The van der Waals surface area contributed by atoms with Gasteiger partial charge in [-0.1, -0.05) is 54.6 Å². The molecule has 216 valence electrons. The second kappa shape index (κ2) is 12.4. The highest BCUT2D eigenvalue weighted by Gasteiger charge is 2.42. The van der Waals surface area contributed by atoms with Crippen LogP contribution in [0.3, 0.4) is 0 Å². The number of hydrogen-bond acceptors (Lipinski definition) is 6. The Kier molecular flexibility index (Phi) is 9.19. The summed E-state index contributed by atoms with van der Waals surface area (Å²) in [5, 5.41) is 0. The van der Waals surface area contributed by atoms with Crippen LogP contribution < -0.4 is 5.73 Å². The third kappa shape index (κ3) is 6.63. The van der Waals surface area contributed by atoms with Gasteiger partial charge in [0.1, 0.15) is 11.9 Å². The van der Waals surface area contributed by atoms with Gasteiger partial charge in [-0.2, -0.15) is 12.6 Å². The van der Waals surface area contributed by atoms with Crippen molar-refractivity contribution in [3.63, 3.8) is 0 Å². The number of esters is 1. The Morgan fingerprint density at radius 3 is 2.27 bits per heavy atom. The molecule has 0 aromatic heterocycles. The van der Waals surface area contributed by atoms with E-state index in [-0.39, 0.29) is 24.9 Å². The molecule has 7 nitrogen and oxygen atoms in total. The Bertz CT molecular complexity index is 1420. The van der Waals surface area contributed by atoms with Crippen LogP contribution in [0.15, 0.2) is 72.8 Å². The minimum atomic E-state index is -0.949. The molecule has 3 aromatic carbocycles. The quantitative estimate of drug-likeness (QED) is 0.299. The van der Waals surface area contributed by atoms with Gasteiger partial charge in [0.05, 0.1) is 24.8 Å². The summed E-state index contributed by atoms with van der Waals surface area (Å²) in [5.74, 6) is -1.61. The standard InChI is InChI=1S/C32H36FN3O4S/c1-20(25-11-7-8-12-26(25)33)35(18-21-13-15-22(16-14-21)31(39)40-4)29(37)27-17-23-9-5-6-10-24(23)19-36(27)30(38)28(34)32(2,3)41/h5-16,20,27-28,41H,17-19,34H2,1-4H3. The highest BCUT2D eigenvalue weighted by Crippen LogP contribution is 2.31. The molecule has 9 heteroatoms. The monoisotopic (exact) mass is 577 g/mol. The van der Waals surface area contributed by atoms with E-state index in [2.05, 4.69) is 12.6 Å². The lowest BCUT2D eigenvalue weighted by Crippen LogP contribution is -2.60. The molecule has 1 heterocycles. The van der Waals surface area contributed by atoms with Gasteiger partial charge in [0.15, 0.2) is 0 Å². The van der Waals surface area contributed by atoms with E-state index in [9.17, 15) is 18.8 Å².